The minimum absolute atomic E-state index is 0.0408. The third-order valence-corrected chi connectivity index (χ3v) is 3.41. The summed E-state index contributed by atoms with van der Waals surface area (Å²) in [5, 5.41) is 6.57. The molecule has 0 aliphatic rings. The molecular weight excluding hydrogens is 240 g/mol. The van der Waals surface area contributed by atoms with Crippen molar-refractivity contribution in [2.75, 3.05) is 40.8 Å². The summed E-state index contributed by atoms with van der Waals surface area (Å²) < 4.78 is 5.40. The monoisotopic (exact) mass is 272 g/mol. The van der Waals surface area contributed by atoms with Crippen LogP contribution in [-0.2, 0) is 4.74 Å². The van der Waals surface area contributed by atoms with Crippen molar-refractivity contribution < 1.29 is 4.74 Å². The second-order valence-corrected chi connectivity index (χ2v) is 6.22. The first-order valence-electron chi connectivity index (χ1n) is 6.89. The van der Waals surface area contributed by atoms with Gasteiger partial charge in [0.25, 0.3) is 0 Å². The molecule has 0 bridgehead atoms. The van der Waals surface area contributed by atoms with Crippen LogP contribution in [0, 0.1) is 0 Å². The summed E-state index contributed by atoms with van der Waals surface area (Å²) in [7, 11) is 5.87. The van der Waals surface area contributed by atoms with Crippen molar-refractivity contribution in [3.05, 3.63) is 0 Å². The largest absolute Gasteiger partial charge is 0.377 e. The molecule has 0 atom stereocenters. The highest BCUT2D eigenvalue weighted by Gasteiger charge is 2.21. The third-order valence-electron chi connectivity index (χ3n) is 3.41. The summed E-state index contributed by atoms with van der Waals surface area (Å²) in [6.07, 6.45) is 0. The first-order chi connectivity index (χ1) is 8.64. The Morgan fingerprint density at radius 1 is 1.16 bits per heavy atom. The Morgan fingerprint density at radius 3 is 2.16 bits per heavy atom. The molecule has 2 N–H and O–H groups in total. The van der Waals surface area contributed by atoms with Crippen LogP contribution in [0.4, 0.5) is 0 Å². The van der Waals surface area contributed by atoms with E-state index in [0.29, 0.717) is 0 Å². The van der Waals surface area contributed by atoms with Crippen LogP contribution >= 0.6 is 0 Å². The average molecular weight is 272 g/mol. The number of hydrogen-bond donors (Lipinski definition) is 2. The van der Waals surface area contributed by atoms with Gasteiger partial charge in [-0.3, -0.25) is 4.99 Å². The topological polar surface area (TPSA) is 48.9 Å². The fourth-order valence-corrected chi connectivity index (χ4v) is 1.12. The maximum Gasteiger partial charge on any atom is 0.191 e. The summed E-state index contributed by atoms with van der Waals surface area (Å²) >= 11 is 0. The molecule has 0 heterocycles. The lowest BCUT2D eigenvalue weighted by Gasteiger charge is -2.31. The number of nitrogens with one attached hydrogen (secondary N) is 2. The van der Waals surface area contributed by atoms with Crippen LogP contribution in [0.3, 0.4) is 0 Å². The van der Waals surface area contributed by atoms with Crippen LogP contribution in [0.25, 0.3) is 0 Å². The van der Waals surface area contributed by atoms with Crippen LogP contribution < -0.4 is 10.6 Å². The molecule has 0 spiro atoms. The SMILES string of the molecule is CCNC(=NCC(C)(C)N(C)C)NCC(C)(C)OC. The highest BCUT2D eigenvalue weighted by Crippen LogP contribution is 2.10. The van der Waals surface area contributed by atoms with Gasteiger partial charge in [-0.15, -0.1) is 0 Å². The van der Waals surface area contributed by atoms with Gasteiger partial charge in [0.05, 0.1) is 12.1 Å². The van der Waals surface area contributed by atoms with E-state index in [0.717, 1.165) is 25.6 Å². The van der Waals surface area contributed by atoms with Gasteiger partial charge in [-0.05, 0) is 48.7 Å². The predicted molar refractivity (Wildman–Crippen MR) is 82.8 cm³/mol. The van der Waals surface area contributed by atoms with Crippen LogP contribution in [0.15, 0.2) is 4.99 Å². The Hall–Kier alpha value is -0.810. The molecule has 0 aromatic carbocycles. The number of rotatable bonds is 7. The molecule has 0 fully saturated rings. The maximum atomic E-state index is 5.40. The molecule has 0 rings (SSSR count). The number of methoxy groups -OCH3 is 1. The molecule has 0 aliphatic carbocycles. The number of nitrogens with zero attached hydrogens (tertiary/aromatic N) is 2. The Kier molecular flexibility index (Phi) is 7.37. The molecule has 0 saturated heterocycles. The zero-order chi connectivity index (χ0) is 15.1. The Bertz CT molecular complexity index is 285. The molecule has 0 unspecified atom stereocenters. The number of aliphatic imine (C=N–C) groups is 1. The van der Waals surface area contributed by atoms with E-state index in [2.05, 4.69) is 55.4 Å². The highest BCUT2D eigenvalue weighted by atomic mass is 16.5. The van der Waals surface area contributed by atoms with Crippen molar-refractivity contribution >= 4 is 5.96 Å². The normalized spacial score (nSPS) is 13.8. The van der Waals surface area contributed by atoms with Crippen molar-refractivity contribution in [3.63, 3.8) is 0 Å². The summed E-state index contributed by atoms with van der Waals surface area (Å²) in [6, 6.07) is 0. The smallest absolute Gasteiger partial charge is 0.191 e. The summed E-state index contributed by atoms with van der Waals surface area (Å²) in [5.41, 5.74) is -0.160. The van der Waals surface area contributed by atoms with Gasteiger partial charge in [0, 0.05) is 25.7 Å². The fraction of sp³-hybridized carbons (Fsp3) is 0.929. The van der Waals surface area contributed by atoms with Gasteiger partial charge >= 0.3 is 0 Å². The number of ether oxygens (including phenoxy) is 1. The highest BCUT2D eigenvalue weighted by molar-refractivity contribution is 5.79. The molecule has 0 aromatic rings. The Labute approximate surface area is 118 Å². The van der Waals surface area contributed by atoms with Gasteiger partial charge in [-0.1, -0.05) is 0 Å². The molecule has 0 aliphatic heterocycles. The number of likely N-dealkylation sites (N-methyl/N-ethyl adjacent to an activating group) is 1. The van der Waals surface area contributed by atoms with E-state index < -0.39 is 0 Å². The first kappa shape index (κ1) is 18.2. The van der Waals surface area contributed by atoms with E-state index in [4.69, 9.17) is 4.74 Å². The number of hydrogen-bond acceptors (Lipinski definition) is 3. The van der Waals surface area contributed by atoms with Crippen molar-refractivity contribution in [2.45, 2.75) is 45.8 Å². The Morgan fingerprint density at radius 2 is 1.74 bits per heavy atom. The average Bonchev–Trinajstić information content (AvgIpc) is 2.32. The fourth-order valence-electron chi connectivity index (χ4n) is 1.12. The van der Waals surface area contributed by atoms with Crippen molar-refractivity contribution in [1.29, 1.82) is 0 Å². The molecule has 114 valence electrons. The van der Waals surface area contributed by atoms with Gasteiger partial charge in [-0.25, -0.2) is 0 Å². The summed E-state index contributed by atoms with van der Waals surface area (Å²) in [5.74, 6) is 0.836. The van der Waals surface area contributed by atoms with E-state index in [1.165, 1.54) is 0 Å². The summed E-state index contributed by atoms with van der Waals surface area (Å²) in [4.78, 5) is 6.82. The van der Waals surface area contributed by atoms with Crippen molar-refractivity contribution in [2.24, 2.45) is 4.99 Å². The van der Waals surface area contributed by atoms with Crippen molar-refractivity contribution in [3.8, 4) is 0 Å². The lowest BCUT2D eigenvalue weighted by molar-refractivity contribution is 0.0268. The van der Waals surface area contributed by atoms with E-state index in [9.17, 15) is 0 Å². The molecule has 0 radical (unpaired) electrons. The van der Waals surface area contributed by atoms with Gasteiger partial charge in [0.15, 0.2) is 5.96 Å². The zero-order valence-corrected chi connectivity index (χ0v) is 13.9. The van der Waals surface area contributed by atoms with Gasteiger partial charge in [0.1, 0.15) is 0 Å². The van der Waals surface area contributed by atoms with Crippen molar-refractivity contribution in [1.82, 2.24) is 15.5 Å². The lowest BCUT2D eigenvalue weighted by Crippen LogP contribution is -2.47. The first-order valence-corrected chi connectivity index (χ1v) is 6.89. The minimum atomic E-state index is -0.201. The summed E-state index contributed by atoms with van der Waals surface area (Å²) in [6.45, 7) is 12.8. The maximum absolute atomic E-state index is 5.40. The van der Waals surface area contributed by atoms with Gasteiger partial charge < -0.3 is 20.3 Å². The standard InChI is InChI=1S/C14H32N4O/c1-9-15-12(17-11-14(4,5)19-8)16-10-13(2,3)18(6)7/h9-11H2,1-8H3,(H2,15,16,17). The van der Waals surface area contributed by atoms with E-state index in [-0.39, 0.29) is 11.1 Å². The van der Waals surface area contributed by atoms with E-state index >= 15 is 0 Å². The van der Waals surface area contributed by atoms with E-state index in [1.54, 1.807) is 7.11 Å². The van der Waals surface area contributed by atoms with Crippen LogP contribution in [0.2, 0.25) is 0 Å². The molecular formula is C14H32N4O. The van der Waals surface area contributed by atoms with Crippen LogP contribution in [0.1, 0.15) is 34.6 Å². The molecule has 0 amide bonds. The van der Waals surface area contributed by atoms with Crippen LogP contribution in [0.5, 0.6) is 0 Å². The zero-order valence-electron chi connectivity index (χ0n) is 13.9. The quantitative estimate of drug-likeness (QED) is 0.542. The van der Waals surface area contributed by atoms with Crippen LogP contribution in [-0.4, -0.2) is 62.8 Å². The molecule has 0 saturated carbocycles. The molecule has 5 nitrogen and oxygen atoms in total. The second kappa shape index (κ2) is 7.70. The molecule has 5 heteroatoms. The number of guanidine groups is 1. The predicted octanol–water partition coefficient (Wildman–Crippen LogP) is 1.31. The minimum Gasteiger partial charge on any atom is -0.377 e. The van der Waals surface area contributed by atoms with Gasteiger partial charge in [0.2, 0.25) is 0 Å². The van der Waals surface area contributed by atoms with Gasteiger partial charge in [-0.2, -0.15) is 0 Å². The molecule has 19 heavy (non-hydrogen) atoms. The molecule has 0 aromatic heterocycles. The lowest BCUT2D eigenvalue weighted by atomic mass is 10.1. The third kappa shape index (κ3) is 7.38. The van der Waals surface area contributed by atoms with E-state index in [1.807, 2.05) is 13.8 Å². The second-order valence-electron chi connectivity index (χ2n) is 6.22. The Balaban J connectivity index is 4.55.